The number of hydrogen-bond donors (Lipinski definition) is 3. The number of aromatic nitrogens is 2. The minimum Gasteiger partial charge on any atom is -0.332 e. The van der Waals surface area contributed by atoms with E-state index in [2.05, 4.69) is 41.3 Å². The standard InChI is InChI=1S/C18H16BrN5O2S2/c1-12-11-14(5-8-16(12)19)23-18(27)22-13-3-6-15(7-4-13)28(25,26)24-17-20-9-2-10-21-17/h2-11H,1H3,(H,20,21,24)(H2,22,23,27). The van der Waals surface area contributed by atoms with Crippen molar-refractivity contribution in [3.63, 3.8) is 0 Å². The molecule has 0 saturated heterocycles. The summed E-state index contributed by atoms with van der Waals surface area (Å²) in [5.41, 5.74) is 2.59. The number of nitrogens with zero attached hydrogens (tertiary/aromatic N) is 2. The van der Waals surface area contributed by atoms with Gasteiger partial charge >= 0.3 is 0 Å². The van der Waals surface area contributed by atoms with Gasteiger partial charge in [0, 0.05) is 28.2 Å². The SMILES string of the molecule is Cc1cc(NC(=S)Nc2ccc(S(=O)(=O)Nc3ncccn3)cc2)ccc1Br. The molecule has 0 aliphatic heterocycles. The van der Waals surface area contributed by atoms with Crippen LogP contribution in [0.15, 0.2) is 70.3 Å². The molecule has 0 radical (unpaired) electrons. The van der Waals surface area contributed by atoms with Gasteiger partial charge in [-0.25, -0.2) is 23.1 Å². The zero-order chi connectivity index (χ0) is 20.1. The van der Waals surface area contributed by atoms with Crippen LogP contribution in [-0.2, 0) is 10.0 Å². The Kier molecular flexibility index (Phi) is 6.22. The summed E-state index contributed by atoms with van der Waals surface area (Å²) in [5.74, 6) is 0.0138. The van der Waals surface area contributed by atoms with E-state index >= 15 is 0 Å². The normalized spacial score (nSPS) is 10.9. The van der Waals surface area contributed by atoms with Gasteiger partial charge in [0.25, 0.3) is 10.0 Å². The summed E-state index contributed by atoms with van der Waals surface area (Å²) in [4.78, 5) is 7.80. The molecule has 0 aliphatic rings. The average Bonchev–Trinajstić information content (AvgIpc) is 2.65. The maximum absolute atomic E-state index is 12.4. The maximum Gasteiger partial charge on any atom is 0.264 e. The van der Waals surface area contributed by atoms with Crippen LogP contribution in [-0.4, -0.2) is 23.5 Å². The van der Waals surface area contributed by atoms with Crippen LogP contribution in [0, 0.1) is 6.92 Å². The lowest BCUT2D eigenvalue weighted by Gasteiger charge is -2.12. The van der Waals surface area contributed by atoms with Gasteiger partial charge < -0.3 is 10.6 Å². The molecule has 0 aliphatic carbocycles. The van der Waals surface area contributed by atoms with Crippen LogP contribution in [0.25, 0.3) is 0 Å². The number of nitrogens with one attached hydrogen (secondary N) is 3. The van der Waals surface area contributed by atoms with E-state index in [0.29, 0.717) is 10.8 Å². The zero-order valence-corrected chi connectivity index (χ0v) is 17.9. The molecule has 144 valence electrons. The molecule has 7 nitrogen and oxygen atoms in total. The van der Waals surface area contributed by atoms with E-state index in [-0.39, 0.29) is 10.8 Å². The smallest absolute Gasteiger partial charge is 0.264 e. The minimum absolute atomic E-state index is 0.0138. The zero-order valence-electron chi connectivity index (χ0n) is 14.7. The fraction of sp³-hybridized carbons (Fsp3) is 0.0556. The highest BCUT2D eigenvalue weighted by Gasteiger charge is 2.15. The van der Waals surface area contributed by atoms with Gasteiger partial charge in [-0.3, -0.25) is 0 Å². The Balaban J connectivity index is 1.65. The predicted octanol–water partition coefficient (Wildman–Crippen LogP) is 4.16. The van der Waals surface area contributed by atoms with Gasteiger partial charge in [0.15, 0.2) is 5.11 Å². The number of thiocarbonyl (C=S) groups is 1. The van der Waals surface area contributed by atoms with Gasteiger partial charge in [0.1, 0.15) is 0 Å². The Morgan fingerprint density at radius 1 is 1.00 bits per heavy atom. The summed E-state index contributed by atoms with van der Waals surface area (Å²) in [6.45, 7) is 1.99. The minimum atomic E-state index is -3.77. The number of rotatable bonds is 5. The van der Waals surface area contributed by atoms with Crippen LogP contribution in [0.3, 0.4) is 0 Å². The van der Waals surface area contributed by atoms with Crippen LogP contribution in [0.2, 0.25) is 0 Å². The molecule has 3 aromatic rings. The number of halogens is 1. The second-order valence-corrected chi connectivity index (χ2v) is 8.69. The average molecular weight is 478 g/mol. The summed E-state index contributed by atoms with van der Waals surface area (Å²) >= 11 is 8.76. The fourth-order valence-corrected chi connectivity index (χ4v) is 3.70. The van der Waals surface area contributed by atoms with Crippen LogP contribution in [0.4, 0.5) is 17.3 Å². The third-order valence-electron chi connectivity index (χ3n) is 3.63. The second kappa shape index (κ2) is 8.63. The van der Waals surface area contributed by atoms with E-state index in [1.165, 1.54) is 24.5 Å². The molecule has 0 spiro atoms. The molecule has 2 aromatic carbocycles. The van der Waals surface area contributed by atoms with Crippen LogP contribution in [0.1, 0.15) is 5.56 Å². The number of hydrogen-bond acceptors (Lipinski definition) is 5. The maximum atomic E-state index is 12.4. The Bertz CT molecular complexity index is 1090. The largest absolute Gasteiger partial charge is 0.332 e. The third-order valence-corrected chi connectivity index (χ3v) is 6.07. The molecule has 0 fully saturated rings. The molecule has 0 bridgehead atoms. The third kappa shape index (κ3) is 5.24. The first-order valence-corrected chi connectivity index (χ1v) is 10.8. The van der Waals surface area contributed by atoms with Crippen molar-refractivity contribution >= 4 is 60.6 Å². The molecule has 0 amide bonds. The second-order valence-electron chi connectivity index (χ2n) is 5.75. The van der Waals surface area contributed by atoms with Crippen molar-refractivity contribution in [2.45, 2.75) is 11.8 Å². The van der Waals surface area contributed by atoms with Gasteiger partial charge in [-0.15, -0.1) is 0 Å². The molecule has 10 heteroatoms. The van der Waals surface area contributed by atoms with E-state index in [1.807, 2.05) is 25.1 Å². The number of benzene rings is 2. The van der Waals surface area contributed by atoms with Crippen molar-refractivity contribution in [3.8, 4) is 0 Å². The van der Waals surface area contributed by atoms with Crippen molar-refractivity contribution in [2.24, 2.45) is 0 Å². The summed E-state index contributed by atoms with van der Waals surface area (Å²) in [5, 5.41) is 6.51. The van der Waals surface area contributed by atoms with Gasteiger partial charge in [-0.1, -0.05) is 15.9 Å². The van der Waals surface area contributed by atoms with Gasteiger partial charge in [-0.05, 0) is 73.2 Å². The molecule has 1 aromatic heterocycles. The molecule has 28 heavy (non-hydrogen) atoms. The van der Waals surface area contributed by atoms with Crippen molar-refractivity contribution < 1.29 is 8.42 Å². The van der Waals surface area contributed by atoms with Crippen LogP contribution < -0.4 is 15.4 Å². The molecule has 0 saturated carbocycles. The molecule has 1 heterocycles. The van der Waals surface area contributed by atoms with Crippen molar-refractivity contribution in [2.75, 3.05) is 15.4 Å². The van der Waals surface area contributed by atoms with E-state index in [0.717, 1.165) is 15.7 Å². The van der Waals surface area contributed by atoms with Gasteiger partial charge in [-0.2, -0.15) is 0 Å². The molecule has 0 atom stereocenters. The number of aryl methyl sites for hydroxylation is 1. The lowest BCUT2D eigenvalue weighted by Crippen LogP contribution is -2.19. The van der Waals surface area contributed by atoms with Crippen molar-refractivity contribution in [3.05, 3.63) is 71.0 Å². The van der Waals surface area contributed by atoms with Gasteiger partial charge in [0.05, 0.1) is 4.90 Å². The Labute approximate surface area is 176 Å². The number of anilines is 3. The summed E-state index contributed by atoms with van der Waals surface area (Å²) in [7, 11) is -3.77. The first-order valence-electron chi connectivity index (χ1n) is 8.07. The molecular weight excluding hydrogens is 462 g/mol. The Morgan fingerprint density at radius 2 is 1.61 bits per heavy atom. The summed E-state index contributed by atoms with van der Waals surface area (Å²) in [6.07, 6.45) is 2.91. The molecule has 0 unspecified atom stereocenters. The first kappa shape index (κ1) is 20.2. The van der Waals surface area contributed by atoms with E-state index in [4.69, 9.17) is 12.2 Å². The molecular formula is C18H16BrN5O2S2. The highest BCUT2D eigenvalue weighted by atomic mass is 79.9. The highest BCUT2D eigenvalue weighted by Crippen LogP contribution is 2.21. The monoisotopic (exact) mass is 477 g/mol. The summed E-state index contributed by atoms with van der Waals surface area (Å²) < 4.78 is 28.1. The quantitative estimate of drug-likeness (QED) is 0.474. The van der Waals surface area contributed by atoms with E-state index < -0.39 is 10.0 Å². The fourth-order valence-electron chi connectivity index (χ4n) is 2.26. The van der Waals surface area contributed by atoms with Gasteiger partial charge in [0.2, 0.25) is 5.95 Å². The highest BCUT2D eigenvalue weighted by molar-refractivity contribution is 9.10. The topological polar surface area (TPSA) is 96.0 Å². The molecule has 3 rings (SSSR count). The Morgan fingerprint density at radius 3 is 2.25 bits per heavy atom. The van der Waals surface area contributed by atoms with Crippen molar-refractivity contribution in [1.82, 2.24) is 9.97 Å². The molecule has 3 N–H and O–H groups in total. The lowest BCUT2D eigenvalue weighted by atomic mass is 10.2. The van der Waals surface area contributed by atoms with Crippen LogP contribution in [0.5, 0.6) is 0 Å². The lowest BCUT2D eigenvalue weighted by molar-refractivity contribution is 0.601. The van der Waals surface area contributed by atoms with E-state index in [1.54, 1.807) is 18.2 Å². The van der Waals surface area contributed by atoms with Crippen molar-refractivity contribution in [1.29, 1.82) is 0 Å². The Hall–Kier alpha value is -2.56. The number of sulfonamides is 1. The summed E-state index contributed by atoms with van der Waals surface area (Å²) in [6, 6.07) is 13.6. The predicted molar refractivity (Wildman–Crippen MR) is 118 cm³/mol. The van der Waals surface area contributed by atoms with Crippen LogP contribution >= 0.6 is 28.1 Å². The first-order chi connectivity index (χ1) is 13.3. The van der Waals surface area contributed by atoms with E-state index in [9.17, 15) is 8.42 Å².